The molecule has 0 saturated heterocycles. The van der Waals surface area contributed by atoms with Crippen LogP contribution in [0.5, 0.6) is 5.88 Å². The van der Waals surface area contributed by atoms with E-state index in [2.05, 4.69) is 22.4 Å². The Hall–Kier alpha value is -1.16. The molecule has 0 aromatic carbocycles. The normalized spacial score (nSPS) is 27.2. The summed E-state index contributed by atoms with van der Waals surface area (Å²) >= 11 is 0. The average Bonchev–Trinajstić information content (AvgIpc) is 3.25. The maximum absolute atomic E-state index is 5.90. The van der Waals surface area contributed by atoms with Gasteiger partial charge in [0.1, 0.15) is 6.10 Å². The number of ether oxygens (including phenoxy) is 1. The van der Waals surface area contributed by atoms with Crippen LogP contribution >= 0.6 is 0 Å². The van der Waals surface area contributed by atoms with Gasteiger partial charge in [-0.05, 0) is 50.5 Å². The number of hydrogen-bond donors (Lipinski definition) is 1. The molecular formula is C15H23N3O. The molecular weight excluding hydrogens is 238 g/mol. The van der Waals surface area contributed by atoms with Gasteiger partial charge in [-0.15, -0.1) is 5.10 Å². The van der Waals surface area contributed by atoms with E-state index in [0.717, 1.165) is 31.0 Å². The summed E-state index contributed by atoms with van der Waals surface area (Å²) in [4.78, 5) is 0. The molecule has 3 rings (SSSR count). The van der Waals surface area contributed by atoms with E-state index in [1.807, 2.05) is 12.1 Å². The number of hydrogen-bond acceptors (Lipinski definition) is 4. The lowest BCUT2D eigenvalue weighted by atomic mass is 9.89. The second-order valence-electron chi connectivity index (χ2n) is 6.02. The molecule has 1 aromatic heterocycles. The van der Waals surface area contributed by atoms with Gasteiger partial charge in [0.05, 0.1) is 5.69 Å². The molecule has 0 bridgehead atoms. The van der Waals surface area contributed by atoms with E-state index in [4.69, 9.17) is 4.74 Å². The highest BCUT2D eigenvalue weighted by Crippen LogP contribution is 2.26. The molecule has 2 fully saturated rings. The Morgan fingerprint density at radius 2 is 1.89 bits per heavy atom. The Morgan fingerprint density at radius 3 is 2.53 bits per heavy atom. The molecule has 2 saturated carbocycles. The van der Waals surface area contributed by atoms with E-state index in [1.165, 1.54) is 25.7 Å². The number of nitrogens with zero attached hydrogens (tertiary/aromatic N) is 2. The van der Waals surface area contributed by atoms with E-state index < -0.39 is 0 Å². The van der Waals surface area contributed by atoms with E-state index in [-0.39, 0.29) is 0 Å². The minimum absolute atomic E-state index is 0.334. The number of rotatable bonds is 5. The van der Waals surface area contributed by atoms with Crippen LogP contribution in [0, 0.1) is 5.92 Å². The highest BCUT2D eigenvalue weighted by Gasteiger charge is 2.21. The second kappa shape index (κ2) is 5.87. The van der Waals surface area contributed by atoms with Crippen molar-refractivity contribution < 1.29 is 4.74 Å². The zero-order valence-corrected chi connectivity index (χ0v) is 11.6. The molecule has 0 radical (unpaired) electrons. The van der Waals surface area contributed by atoms with Gasteiger partial charge in [0, 0.05) is 18.7 Å². The van der Waals surface area contributed by atoms with Crippen LogP contribution in [0.1, 0.15) is 51.1 Å². The van der Waals surface area contributed by atoms with Crippen LogP contribution in [-0.2, 0) is 6.54 Å². The molecule has 0 aliphatic heterocycles. The lowest BCUT2D eigenvalue weighted by Gasteiger charge is -2.26. The molecule has 1 aromatic rings. The molecule has 2 aliphatic carbocycles. The standard InChI is InChI=1S/C15H23N3O/c1-11-2-7-14(8-3-11)19-15-9-6-13(17-18-15)10-16-12-4-5-12/h6,9,11-12,14,16H,2-5,7-8,10H2,1H3. The van der Waals surface area contributed by atoms with Gasteiger partial charge in [0.2, 0.25) is 5.88 Å². The lowest BCUT2D eigenvalue weighted by molar-refractivity contribution is 0.128. The molecule has 0 atom stereocenters. The summed E-state index contributed by atoms with van der Waals surface area (Å²) in [6.45, 7) is 3.14. The lowest BCUT2D eigenvalue weighted by Crippen LogP contribution is -2.23. The predicted molar refractivity (Wildman–Crippen MR) is 73.9 cm³/mol. The number of aromatic nitrogens is 2. The summed E-state index contributed by atoms with van der Waals surface area (Å²) < 4.78 is 5.90. The molecule has 104 valence electrons. The van der Waals surface area contributed by atoms with Gasteiger partial charge in [-0.25, -0.2) is 0 Å². The van der Waals surface area contributed by atoms with Gasteiger partial charge in [0.15, 0.2) is 0 Å². The molecule has 2 aliphatic rings. The molecule has 0 spiro atoms. The fraction of sp³-hybridized carbons (Fsp3) is 0.733. The predicted octanol–water partition coefficient (Wildman–Crippen LogP) is 2.69. The summed E-state index contributed by atoms with van der Waals surface area (Å²) in [7, 11) is 0. The highest BCUT2D eigenvalue weighted by molar-refractivity contribution is 5.12. The van der Waals surface area contributed by atoms with Crippen LogP contribution in [0.25, 0.3) is 0 Å². The van der Waals surface area contributed by atoms with Crippen molar-refractivity contribution in [1.82, 2.24) is 15.5 Å². The molecule has 0 amide bonds. The maximum Gasteiger partial charge on any atom is 0.233 e. The van der Waals surface area contributed by atoms with E-state index in [9.17, 15) is 0 Å². The van der Waals surface area contributed by atoms with Crippen molar-refractivity contribution in [3.63, 3.8) is 0 Å². The van der Waals surface area contributed by atoms with Crippen LogP contribution in [0.2, 0.25) is 0 Å². The van der Waals surface area contributed by atoms with Crippen LogP contribution in [0.3, 0.4) is 0 Å². The third kappa shape index (κ3) is 3.90. The Labute approximate surface area is 115 Å². The van der Waals surface area contributed by atoms with Crippen molar-refractivity contribution in [2.24, 2.45) is 5.92 Å². The van der Waals surface area contributed by atoms with Crippen molar-refractivity contribution in [3.8, 4) is 5.88 Å². The Kier molecular flexibility index (Phi) is 3.97. The smallest absolute Gasteiger partial charge is 0.233 e. The molecule has 19 heavy (non-hydrogen) atoms. The largest absolute Gasteiger partial charge is 0.473 e. The van der Waals surface area contributed by atoms with Gasteiger partial charge in [0.25, 0.3) is 0 Å². The van der Waals surface area contributed by atoms with Crippen LogP contribution < -0.4 is 10.1 Å². The van der Waals surface area contributed by atoms with Gasteiger partial charge in [-0.3, -0.25) is 0 Å². The molecule has 4 heteroatoms. The maximum atomic E-state index is 5.90. The van der Waals surface area contributed by atoms with E-state index in [1.54, 1.807) is 0 Å². The van der Waals surface area contributed by atoms with Crippen LogP contribution in [-0.4, -0.2) is 22.3 Å². The van der Waals surface area contributed by atoms with Crippen LogP contribution in [0.15, 0.2) is 12.1 Å². The van der Waals surface area contributed by atoms with E-state index >= 15 is 0 Å². The molecule has 4 nitrogen and oxygen atoms in total. The topological polar surface area (TPSA) is 47.0 Å². The third-order valence-electron chi connectivity index (χ3n) is 4.09. The monoisotopic (exact) mass is 261 g/mol. The molecule has 1 N–H and O–H groups in total. The van der Waals surface area contributed by atoms with Crippen molar-refractivity contribution in [2.45, 2.75) is 64.1 Å². The first-order valence-electron chi connectivity index (χ1n) is 7.52. The van der Waals surface area contributed by atoms with Gasteiger partial charge in [-0.2, -0.15) is 5.10 Å². The first-order valence-corrected chi connectivity index (χ1v) is 7.52. The minimum Gasteiger partial charge on any atom is -0.473 e. The minimum atomic E-state index is 0.334. The Morgan fingerprint density at radius 1 is 1.11 bits per heavy atom. The third-order valence-corrected chi connectivity index (χ3v) is 4.09. The Bertz CT molecular complexity index is 394. The Balaban J connectivity index is 1.47. The van der Waals surface area contributed by atoms with E-state index in [0.29, 0.717) is 18.0 Å². The van der Waals surface area contributed by atoms with Crippen molar-refractivity contribution >= 4 is 0 Å². The summed E-state index contributed by atoms with van der Waals surface area (Å²) in [5.74, 6) is 1.52. The zero-order chi connectivity index (χ0) is 13.1. The van der Waals surface area contributed by atoms with Gasteiger partial charge in [-0.1, -0.05) is 6.92 Å². The van der Waals surface area contributed by atoms with Gasteiger partial charge >= 0.3 is 0 Å². The average molecular weight is 261 g/mol. The van der Waals surface area contributed by atoms with Crippen molar-refractivity contribution in [3.05, 3.63) is 17.8 Å². The summed E-state index contributed by atoms with van der Waals surface area (Å²) in [6.07, 6.45) is 7.76. The zero-order valence-electron chi connectivity index (χ0n) is 11.6. The first kappa shape index (κ1) is 12.9. The van der Waals surface area contributed by atoms with Gasteiger partial charge < -0.3 is 10.1 Å². The molecule has 0 unspecified atom stereocenters. The SMILES string of the molecule is CC1CCC(Oc2ccc(CNC3CC3)nn2)CC1. The fourth-order valence-corrected chi connectivity index (χ4v) is 2.56. The first-order chi connectivity index (χ1) is 9.29. The highest BCUT2D eigenvalue weighted by atomic mass is 16.5. The summed E-state index contributed by atoms with van der Waals surface area (Å²) in [6, 6.07) is 4.68. The van der Waals surface area contributed by atoms with Crippen LogP contribution in [0.4, 0.5) is 0 Å². The summed E-state index contributed by atoms with van der Waals surface area (Å²) in [5, 5.41) is 11.8. The van der Waals surface area contributed by atoms with Crippen molar-refractivity contribution in [2.75, 3.05) is 0 Å². The quantitative estimate of drug-likeness (QED) is 0.885. The summed E-state index contributed by atoms with van der Waals surface area (Å²) in [5.41, 5.74) is 0.997. The molecule has 1 heterocycles. The van der Waals surface area contributed by atoms with Crippen molar-refractivity contribution in [1.29, 1.82) is 0 Å². The fourth-order valence-electron chi connectivity index (χ4n) is 2.56. The number of nitrogens with one attached hydrogen (secondary N) is 1. The second-order valence-corrected chi connectivity index (χ2v) is 6.02.